The highest BCUT2D eigenvalue weighted by Crippen LogP contribution is 2.27. The van der Waals surface area contributed by atoms with E-state index in [1.165, 1.54) is 25.7 Å². The van der Waals surface area contributed by atoms with Gasteiger partial charge in [-0.3, -0.25) is 0 Å². The molecule has 0 amide bonds. The van der Waals surface area contributed by atoms with Crippen LogP contribution in [0.2, 0.25) is 0 Å². The number of hydrogen-bond donors (Lipinski definition) is 0. The molecule has 2 nitrogen and oxygen atoms in total. The van der Waals surface area contributed by atoms with Gasteiger partial charge >= 0.3 is 5.97 Å². The summed E-state index contributed by atoms with van der Waals surface area (Å²) in [6, 6.07) is 14.8. The fraction of sp³-hybridized carbons (Fsp3) is 0.348. The quantitative estimate of drug-likeness (QED) is 0.418. The Morgan fingerprint density at radius 3 is 2.24 bits per heavy atom. The van der Waals surface area contributed by atoms with Crippen molar-refractivity contribution in [3.05, 3.63) is 65.2 Å². The van der Waals surface area contributed by atoms with Crippen LogP contribution in [0.15, 0.2) is 48.5 Å². The van der Waals surface area contributed by atoms with E-state index in [0.29, 0.717) is 17.2 Å². The van der Waals surface area contributed by atoms with Gasteiger partial charge in [-0.1, -0.05) is 36.5 Å². The fourth-order valence-corrected chi connectivity index (χ4v) is 3.05. The molecule has 2 aromatic carbocycles. The Balaban J connectivity index is 1.59. The molecule has 1 aliphatic carbocycles. The van der Waals surface area contributed by atoms with Crippen LogP contribution in [0.1, 0.15) is 54.1 Å². The highest BCUT2D eigenvalue weighted by Gasteiger charge is 2.15. The van der Waals surface area contributed by atoms with Crippen LogP contribution in [0.4, 0.5) is 0 Å². The zero-order chi connectivity index (χ0) is 17.6. The molecule has 1 fully saturated rings. The Bertz CT molecular complexity index is 768. The van der Waals surface area contributed by atoms with Crippen molar-refractivity contribution in [2.24, 2.45) is 11.8 Å². The highest BCUT2D eigenvalue weighted by molar-refractivity contribution is 5.91. The number of hydrogen-bond acceptors (Lipinski definition) is 2. The number of carbonyl (C=O) groups excluding carboxylic acids is 1. The number of aryl methyl sites for hydroxylation is 1. The molecule has 0 N–H and O–H groups in total. The van der Waals surface area contributed by atoms with Gasteiger partial charge in [-0.15, -0.1) is 0 Å². The first-order valence-corrected chi connectivity index (χ1v) is 9.00. The molecule has 1 saturated carbocycles. The lowest BCUT2D eigenvalue weighted by Gasteiger charge is -2.21. The number of rotatable bonds is 2. The average Bonchev–Trinajstić information content (AvgIpc) is 2.63. The molecule has 0 heterocycles. The maximum absolute atomic E-state index is 12.1. The lowest BCUT2D eigenvalue weighted by molar-refractivity contribution is 0.0735. The van der Waals surface area contributed by atoms with E-state index in [2.05, 4.69) is 18.8 Å². The maximum Gasteiger partial charge on any atom is 0.343 e. The van der Waals surface area contributed by atoms with Crippen molar-refractivity contribution in [3.8, 4) is 17.6 Å². The van der Waals surface area contributed by atoms with Crippen molar-refractivity contribution < 1.29 is 9.53 Å². The second-order valence-corrected chi connectivity index (χ2v) is 7.01. The third-order valence-electron chi connectivity index (χ3n) is 4.79. The van der Waals surface area contributed by atoms with E-state index in [1.54, 1.807) is 24.3 Å². The summed E-state index contributed by atoms with van der Waals surface area (Å²) < 4.78 is 5.41. The first-order valence-electron chi connectivity index (χ1n) is 9.00. The van der Waals surface area contributed by atoms with Gasteiger partial charge in [0.05, 0.1) is 5.56 Å². The second-order valence-electron chi connectivity index (χ2n) is 7.01. The first kappa shape index (κ1) is 17.3. The van der Waals surface area contributed by atoms with E-state index in [4.69, 9.17) is 4.74 Å². The normalized spacial score (nSPS) is 19.6. The third-order valence-corrected chi connectivity index (χ3v) is 4.79. The van der Waals surface area contributed by atoms with Crippen LogP contribution in [0.25, 0.3) is 0 Å². The summed E-state index contributed by atoms with van der Waals surface area (Å²) in [5.74, 6) is 8.23. The van der Waals surface area contributed by atoms with Gasteiger partial charge in [-0.05, 0) is 74.9 Å². The predicted octanol–water partition coefficient (Wildman–Crippen LogP) is 5.39. The zero-order valence-electron chi connectivity index (χ0n) is 14.9. The van der Waals surface area contributed by atoms with Crippen molar-refractivity contribution in [1.29, 1.82) is 0 Å². The van der Waals surface area contributed by atoms with Crippen molar-refractivity contribution in [2.45, 2.75) is 39.5 Å². The zero-order valence-corrected chi connectivity index (χ0v) is 14.9. The molecule has 0 spiro atoms. The summed E-state index contributed by atoms with van der Waals surface area (Å²) in [6.07, 6.45) is 4.99. The van der Waals surface area contributed by atoms with Crippen molar-refractivity contribution in [1.82, 2.24) is 0 Å². The van der Waals surface area contributed by atoms with Crippen molar-refractivity contribution in [2.75, 3.05) is 0 Å². The molecule has 0 radical (unpaired) electrons. The van der Waals surface area contributed by atoms with Crippen LogP contribution in [0.5, 0.6) is 5.75 Å². The molecule has 0 aromatic heterocycles. The number of esters is 1. The summed E-state index contributed by atoms with van der Waals surface area (Å²) in [5, 5.41) is 0. The molecule has 0 aliphatic heterocycles. The molecular formula is C23H24O2. The SMILES string of the molecule is Cc1ccc(C(=O)Oc2ccc(C#CC3CCC(C)CC3)cc2)cc1. The minimum Gasteiger partial charge on any atom is -0.423 e. The van der Waals surface area contributed by atoms with E-state index < -0.39 is 0 Å². The summed E-state index contributed by atoms with van der Waals surface area (Å²) in [7, 11) is 0. The Morgan fingerprint density at radius 1 is 0.960 bits per heavy atom. The summed E-state index contributed by atoms with van der Waals surface area (Å²) in [4.78, 5) is 12.1. The topological polar surface area (TPSA) is 26.3 Å². The highest BCUT2D eigenvalue weighted by atomic mass is 16.5. The summed E-state index contributed by atoms with van der Waals surface area (Å²) in [6.45, 7) is 4.31. The van der Waals surface area contributed by atoms with Gasteiger partial charge in [0, 0.05) is 11.5 Å². The monoisotopic (exact) mass is 332 g/mol. The number of ether oxygens (including phenoxy) is 1. The van der Waals surface area contributed by atoms with E-state index in [-0.39, 0.29) is 5.97 Å². The minimum atomic E-state index is -0.338. The second kappa shape index (κ2) is 8.03. The Morgan fingerprint density at radius 2 is 1.60 bits per heavy atom. The van der Waals surface area contributed by atoms with Crippen LogP contribution >= 0.6 is 0 Å². The van der Waals surface area contributed by atoms with Crippen LogP contribution in [0, 0.1) is 30.6 Å². The number of benzene rings is 2. The molecule has 0 bridgehead atoms. The Labute approximate surface area is 150 Å². The van der Waals surface area contributed by atoms with Crippen LogP contribution in [-0.4, -0.2) is 5.97 Å². The molecular weight excluding hydrogens is 308 g/mol. The van der Waals surface area contributed by atoms with E-state index in [0.717, 1.165) is 17.0 Å². The molecule has 25 heavy (non-hydrogen) atoms. The van der Waals surface area contributed by atoms with Crippen molar-refractivity contribution >= 4 is 5.97 Å². The van der Waals surface area contributed by atoms with Crippen LogP contribution in [-0.2, 0) is 0 Å². The first-order chi connectivity index (χ1) is 12.1. The largest absolute Gasteiger partial charge is 0.423 e. The Kier molecular flexibility index (Phi) is 5.56. The van der Waals surface area contributed by atoms with Gasteiger partial charge in [-0.2, -0.15) is 0 Å². The van der Waals surface area contributed by atoms with Gasteiger partial charge in [0.1, 0.15) is 5.75 Å². The molecule has 3 rings (SSSR count). The average molecular weight is 332 g/mol. The van der Waals surface area contributed by atoms with Crippen LogP contribution < -0.4 is 4.74 Å². The smallest absolute Gasteiger partial charge is 0.343 e. The van der Waals surface area contributed by atoms with E-state index in [9.17, 15) is 4.79 Å². The molecule has 2 heteroatoms. The lowest BCUT2D eigenvalue weighted by atomic mass is 9.83. The fourth-order valence-electron chi connectivity index (χ4n) is 3.05. The van der Waals surface area contributed by atoms with E-state index >= 15 is 0 Å². The standard InChI is InChI=1S/C23H24O2/c1-17-3-7-19(8-4-17)9-10-20-11-15-22(16-12-20)25-23(24)21-13-5-18(2)6-14-21/h5-6,11-17,19H,3-4,7-8H2,1-2H3. The predicted molar refractivity (Wildman–Crippen MR) is 101 cm³/mol. The lowest BCUT2D eigenvalue weighted by Crippen LogP contribution is -2.10. The van der Waals surface area contributed by atoms with Gasteiger partial charge in [0.25, 0.3) is 0 Å². The third kappa shape index (κ3) is 4.97. The summed E-state index contributed by atoms with van der Waals surface area (Å²) in [5.41, 5.74) is 2.64. The minimum absolute atomic E-state index is 0.338. The van der Waals surface area contributed by atoms with Gasteiger partial charge in [0.2, 0.25) is 0 Å². The maximum atomic E-state index is 12.1. The molecule has 0 saturated heterocycles. The molecule has 0 unspecified atom stereocenters. The van der Waals surface area contributed by atoms with Crippen LogP contribution in [0.3, 0.4) is 0 Å². The van der Waals surface area contributed by atoms with E-state index in [1.807, 2.05) is 31.2 Å². The molecule has 0 atom stereocenters. The van der Waals surface area contributed by atoms with Gasteiger partial charge in [0.15, 0.2) is 0 Å². The van der Waals surface area contributed by atoms with Crippen molar-refractivity contribution in [3.63, 3.8) is 0 Å². The molecule has 1 aliphatic rings. The van der Waals surface area contributed by atoms with Gasteiger partial charge < -0.3 is 4.74 Å². The van der Waals surface area contributed by atoms with Gasteiger partial charge in [-0.25, -0.2) is 4.79 Å². The number of carbonyl (C=O) groups is 1. The summed E-state index contributed by atoms with van der Waals surface area (Å²) >= 11 is 0. The molecule has 128 valence electrons. The Hall–Kier alpha value is -2.53. The molecule has 2 aromatic rings.